The molecule has 3 aromatic heterocycles. The topological polar surface area (TPSA) is 102 Å². The molecule has 1 aliphatic rings. The number of fused-ring (bicyclic) bond motifs is 1. The van der Waals surface area contributed by atoms with Gasteiger partial charge in [-0.05, 0) is 48.4 Å². The number of nitrogens with zero attached hydrogens (tertiary/aromatic N) is 5. The van der Waals surface area contributed by atoms with E-state index in [1.807, 2.05) is 58.0 Å². The highest BCUT2D eigenvalue weighted by molar-refractivity contribution is 6.17. The summed E-state index contributed by atoms with van der Waals surface area (Å²) >= 11 is 5.98. The fourth-order valence-electron chi connectivity index (χ4n) is 3.89. The Morgan fingerprint density at radius 2 is 1.94 bits per heavy atom. The summed E-state index contributed by atoms with van der Waals surface area (Å²) in [4.78, 5) is 28.1. The van der Waals surface area contributed by atoms with Crippen molar-refractivity contribution in [3.63, 3.8) is 0 Å². The first kappa shape index (κ1) is 20.3. The van der Waals surface area contributed by atoms with E-state index in [4.69, 9.17) is 27.3 Å². The minimum Gasteiger partial charge on any atom is -0.383 e. The number of imidazole rings is 1. The zero-order valence-electron chi connectivity index (χ0n) is 17.3. The number of carbonyl (C=O) groups excluding carboxylic acids is 1. The van der Waals surface area contributed by atoms with Crippen LogP contribution >= 0.6 is 11.6 Å². The van der Waals surface area contributed by atoms with Gasteiger partial charge in [0.2, 0.25) is 5.91 Å². The second-order valence-electron chi connectivity index (χ2n) is 7.64. The van der Waals surface area contributed by atoms with E-state index < -0.39 is 0 Å². The number of aromatic nitrogens is 4. The lowest BCUT2D eigenvalue weighted by Crippen LogP contribution is -2.33. The minimum absolute atomic E-state index is 0.00149. The number of benzene rings is 1. The number of amides is 1. The number of carbonyl (C=O) groups is 1. The Bertz CT molecular complexity index is 1290. The third-order valence-electron chi connectivity index (χ3n) is 5.50. The molecule has 1 amide bonds. The molecular weight excluding hydrogens is 426 g/mol. The second kappa shape index (κ2) is 8.47. The van der Waals surface area contributed by atoms with Gasteiger partial charge in [-0.15, -0.1) is 11.6 Å². The van der Waals surface area contributed by atoms with E-state index in [1.54, 1.807) is 6.20 Å². The van der Waals surface area contributed by atoms with Crippen LogP contribution in [0.1, 0.15) is 12.0 Å². The average Bonchev–Trinajstić information content (AvgIpc) is 3.05. The number of rotatable bonds is 4. The van der Waals surface area contributed by atoms with Gasteiger partial charge in [0.15, 0.2) is 11.5 Å². The van der Waals surface area contributed by atoms with E-state index in [9.17, 15) is 4.79 Å². The van der Waals surface area contributed by atoms with Crippen LogP contribution in [-0.4, -0.2) is 45.1 Å². The van der Waals surface area contributed by atoms with E-state index >= 15 is 0 Å². The molecule has 0 saturated carbocycles. The predicted octanol–water partition coefficient (Wildman–Crippen LogP) is 3.13. The third kappa shape index (κ3) is 3.73. The number of hydrogen-bond donors (Lipinski definition) is 2. The fourth-order valence-corrected chi connectivity index (χ4v) is 4.07. The molecule has 1 fully saturated rings. The third-order valence-corrected chi connectivity index (χ3v) is 5.81. The Hall–Kier alpha value is -3.65. The number of anilines is 2. The molecule has 5 rings (SSSR count). The number of hydrogen-bond acceptors (Lipinski definition) is 6. The van der Waals surface area contributed by atoms with Crippen molar-refractivity contribution >= 4 is 40.3 Å². The molecule has 1 aromatic carbocycles. The Balaban J connectivity index is 1.70. The van der Waals surface area contributed by atoms with Crippen LogP contribution in [0.25, 0.3) is 28.2 Å². The molecule has 8 nitrogen and oxygen atoms in total. The molecule has 1 saturated heterocycles. The van der Waals surface area contributed by atoms with E-state index in [-0.39, 0.29) is 12.5 Å². The zero-order valence-corrected chi connectivity index (χ0v) is 18.1. The van der Waals surface area contributed by atoms with Gasteiger partial charge in [-0.1, -0.05) is 12.1 Å². The fraction of sp³-hybridized carbons (Fsp3) is 0.217. The molecule has 3 N–H and O–H groups in total. The molecule has 0 radical (unpaired) electrons. The van der Waals surface area contributed by atoms with Gasteiger partial charge in [0.1, 0.15) is 17.2 Å². The molecule has 0 atom stereocenters. The van der Waals surface area contributed by atoms with E-state index in [0.29, 0.717) is 29.7 Å². The summed E-state index contributed by atoms with van der Waals surface area (Å²) in [7, 11) is 0. The Kier molecular flexibility index (Phi) is 5.36. The van der Waals surface area contributed by atoms with Crippen molar-refractivity contribution in [1.29, 1.82) is 0 Å². The summed E-state index contributed by atoms with van der Waals surface area (Å²) in [6.45, 7) is 1.70. The first-order chi connectivity index (χ1) is 15.6. The molecule has 0 bridgehead atoms. The minimum atomic E-state index is -0.00149. The largest absolute Gasteiger partial charge is 0.383 e. The van der Waals surface area contributed by atoms with Crippen molar-refractivity contribution in [2.24, 2.45) is 0 Å². The number of nitrogen functional groups attached to an aromatic ring is 1. The van der Waals surface area contributed by atoms with Gasteiger partial charge < -0.3 is 16.0 Å². The summed E-state index contributed by atoms with van der Waals surface area (Å²) < 4.78 is 1.97. The van der Waals surface area contributed by atoms with Crippen molar-refractivity contribution < 1.29 is 4.79 Å². The maximum atomic E-state index is 12.1. The number of alkyl halides is 1. The Labute approximate surface area is 190 Å². The number of pyridine rings is 2. The summed E-state index contributed by atoms with van der Waals surface area (Å²) in [6, 6.07) is 15.5. The predicted molar refractivity (Wildman–Crippen MR) is 126 cm³/mol. The molecular formula is C23H22ClN7O. The lowest BCUT2D eigenvalue weighted by Gasteiger charge is -2.20. The standard InChI is InChI=1S/C23H22ClN7O/c24-13-15-4-6-16(7-5-15)31-22(17-3-1-10-27-21(17)25)28-18-8-9-19(29-23(18)31)30-12-2-11-26-20(32)14-30/h1,3-10H,2,11-14H2,(H2,25,27)(H,26,32). The van der Waals surface area contributed by atoms with Crippen molar-refractivity contribution in [2.45, 2.75) is 12.3 Å². The normalized spacial score (nSPS) is 14.4. The first-order valence-corrected chi connectivity index (χ1v) is 10.9. The van der Waals surface area contributed by atoms with Crippen molar-refractivity contribution in [3.8, 4) is 17.1 Å². The van der Waals surface area contributed by atoms with Crippen molar-refractivity contribution in [2.75, 3.05) is 30.3 Å². The molecule has 1 aliphatic heterocycles. The van der Waals surface area contributed by atoms with Gasteiger partial charge in [0.05, 0.1) is 12.1 Å². The molecule has 32 heavy (non-hydrogen) atoms. The van der Waals surface area contributed by atoms with Crippen LogP contribution in [0, 0.1) is 0 Å². The van der Waals surface area contributed by atoms with Crippen LogP contribution in [0.2, 0.25) is 0 Å². The van der Waals surface area contributed by atoms with E-state index in [0.717, 1.165) is 41.1 Å². The summed E-state index contributed by atoms with van der Waals surface area (Å²) in [5.41, 5.74) is 10.2. The van der Waals surface area contributed by atoms with E-state index in [2.05, 4.69) is 10.3 Å². The van der Waals surface area contributed by atoms with Crippen LogP contribution < -0.4 is 16.0 Å². The van der Waals surface area contributed by atoms with Gasteiger partial charge in [-0.25, -0.2) is 15.0 Å². The van der Waals surface area contributed by atoms with E-state index in [1.165, 1.54) is 0 Å². The maximum absolute atomic E-state index is 12.1. The second-order valence-corrected chi connectivity index (χ2v) is 7.91. The monoisotopic (exact) mass is 447 g/mol. The number of nitrogens with two attached hydrogens (primary N) is 1. The molecule has 162 valence electrons. The van der Waals surface area contributed by atoms with Gasteiger partial charge in [0, 0.05) is 30.9 Å². The highest BCUT2D eigenvalue weighted by Gasteiger charge is 2.21. The van der Waals surface area contributed by atoms with Crippen LogP contribution in [0.4, 0.5) is 11.6 Å². The highest BCUT2D eigenvalue weighted by Crippen LogP contribution is 2.31. The number of halogens is 1. The lowest BCUT2D eigenvalue weighted by atomic mass is 10.2. The van der Waals surface area contributed by atoms with Gasteiger partial charge in [0.25, 0.3) is 0 Å². The quantitative estimate of drug-likeness (QED) is 0.466. The van der Waals surface area contributed by atoms with Gasteiger partial charge >= 0.3 is 0 Å². The Morgan fingerprint density at radius 1 is 1.09 bits per heavy atom. The molecule has 9 heteroatoms. The van der Waals surface area contributed by atoms with Crippen LogP contribution in [0.5, 0.6) is 0 Å². The smallest absolute Gasteiger partial charge is 0.239 e. The zero-order chi connectivity index (χ0) is 22.1. The highest BCUT2D eigenvalue weighted by atomic mass is 35.5. The Morgan fingerprint density at radius 3 is 2.72 bits per heavy atom. The molecule has 0 unspecified atom stereocenters. The van der Waals surface area contributed by atoms with Crippen LogP contribution in [-0.2, 0) is 10.7 Å². The lowest BCUT2D eigenvalue weighted by molar-refractivity contribution is -0.119. The molecule has 4 aromatic rings. The maximum Gasteiger partial charge on any atom is 0.239 e. The van der Waals surface area contributed by atoms with Crippen LogP contribution in [0.3, 0.4) is 0 Å². The van der Waals surface area contributed by atoms with Gasteiger partial charge in [-0.2, -0.15) is 0 Å². The van der Waals surface area contributed by atoms with Gasteiger partial charge in [-0.3, -0.25) is 9.36 Å². The number of nitrogens with one attached hydrogen (secondary N) is 1. The molecule has 0 spiro atoms. The van der Waals surface area contributed by atoms with Crippen LogP contribution in [0.15, 0.2) is 54.7 Å². The molecule has 4 heterocycles. The summed E-state index contributed by atoms with van der Waals surface area (Å²) in [5, 5.41) is 2.90. The van der Waals surface area contributed by atoms with Crippen molar-refractivity contribution in [3.05, 3.63) is 60.3 Å². The summed E-state index contributed by atoms with van der Waals surface area (Å²) in [6.07, 6.45) is 2.52. The van der Waals surface area contributed by atoms with Crippen molar-refractivity contribution in [1.82, 2.24) is 24.8 Å². The average molecular weight is 448 g/mol. The summed E-state index contributed by atoms with van der Waals surface area (Å²) in [5.74, 6) is 2.22. The first-order valence-electron chi connectivity index (χ1n) is 10.4. The SMILES string of the molecule is Nc1ncccc1-c1nc2ccc(N3CCCNC(=O)C3)nc2n1-c1ccc(CCl)cc1. The molecule has 0 aliphatic carbocycles.